The summed E-state index contributed by atoms with van der Waals surface area (Å²) in [5.74, 6) is -0.211. The van der Waals surface area contributed by atoms with Crippen LogP contribution in [-0.4, -0.2) is 30.1 Å². The standard InChI is InChI=1S/C6H14.C4H8O2.CH2Cl2.CH4O/c1-3-5-6-4-2;1-3-6-4(2)5;2-1-3;1-2/h3-6H2,1-2H3;3H2,1-2H3;1H2;2H,1H3. The fourth-order valence-corrected chi connectivity index (χ4v) is 0.703. The van der Waals surface area contributed by atoms with E-state index < -0.39 is 0 Å². The molecule has 17 heavy (non-hydrogen) atoms. The number of ether oxygens (including phenoxy) is 1. The Bertz CT molecular complexity index is 108. The van der Waals surface area contributed by atoms with Crippen LogP contribution in [0.25, 0.3) is 0 Å². The first-order valence-corrected chi connectivity index (χ1v) is 6.87. The van der Waals surface area contributed by atoms with Gasteiger partial charge >= 0.3 is 5.97 Å². The molecule has 0 spiro atoms. The van der Waals surface area contributed by atoms with Crippen molar-refractivity contribution >= 4 is 29.2 Å². The molecule has 1 N–H and O–H groups in total. The van der Waals surface area contributed by atoms with E-state index in [4.69, 9.17) is 28.3 Å². The Labute approximate surface area is 116 Å². The fraction of sp³-hybridized carbons (Fsp3) is 0.917. The molecule has 0 amide bonds. The van der Waals surface area contributed by atoms with Crippen LogP contribution in [0.2, 0.25) is 0 Å². The molecule has 0 aromatic rings. The summed E-state index contributed by atoms with van der Waals surface area (Å²) in [5, 5.41) is 7.19. The van der Waals surface area contributed by atoms with Crippen molar-refractivity contribution in [3.8, 4) is 0 Å². The molecule has 0 aliphatic heterocycles. The molecule has 0 aliphatic carbocycles. The second-order valence-corrected chi connectivity index (χ2v) is 3.54. The first-order valence-electron chi connectivity index (χ1n) is 5.80. The largest absolute Gasteiger partial charge is 0.466 e. The van der Waals surface area contributed by atoms with E-state index >= 15 is 0 Å². The number of hydrogen-bond donors (Lipinski definition) is 1. The molecule has 0 radical (unpaired) electrons. The third-order valence-corrected chi connectivity index (χ3v) is 1.30. The molecule has 0 aromatic heterocycles. The van der Waals surface area contributed by atoms with Gasteiger partial charge in [0.1, 0.15) is 0 Å². The fourth-order valence-electron chi connectivity index (χ4n) is 0.703. The van der Waals surface area contributed by atoms with Crippen molar-refractivity contribution in [1.82, 2.24) is 0 Å². The van der Waals surface area contributed by atoms with Gasteiger partial charge in [-0.05, 0) is 6.92 Å². The number of rotatable bonds is 4. The molecule has 0 atom stereocenters. The van der Waals surface area contributed by atoms with Crippen LogP contribution in [0.4, 0.5) is 0 Å². The molecular weight excluding hydrogens is 263 g/mol. The van der Waals surface area contributed by atoms with Crippen molar-refractivity contribution < 1.29 is 14.6 Å². The van der Waals surface area contributed by atoms with Gasteiger partial charge in [0.2, 0.25) is 0 Å². The van der Waals surface area contributed by atoms with Crippen molar-refractivity contribution in [2.75, 3.05) is 19.1 Å². The van der Waals surface area contributed by atoms with E-state index in [1.165, 1.54) is 32.6 Å². The number of hydrogen-bond acceptors (Lipinski definition) is 3. The van der Waals surface area contributed by atoms with Gasteiger partial charge in [-0.1, -0.05) is 39.5 Å². The van der Waals surface area contributed by atoms with Crippen LogP contribution in [0.15, 0.2) is 0 Å². The first kappa shape index (κ1) is 25.8. The average Bonchev–Trinajstić information content (AvgIpc) is 2.31. The maximum absolute atomic E-state index is 9.82. The Kier molecular flexibility index (Phi) is 54.5. The maximum atomic E-state index is 9.82. The number of carbonyl (C=O) groups is 1. The molecule has 0 heterocycles. The van der Waals surface area contributed by atoms with Crippen molar-refractivity contribution in [3.63, 3.8) is 0 Å². The Balaban J connectivity index is -0.0000000727. The summed E-state index contributed by atoms with van der Waals surface area (Å²) in [7, 11) is 1.00. The van der Waals surface area contributed by atoms with Gasteiger partial charge in [0.25, 0.3) is 0 Å². The van der Waals surface area contributed by atoms with Gasteiger partial charge in [-0.2, -0.15) is 0 Å². The highest BCUT2D eigenvalue weighted by atomic mass is 35.5. The lowest BCUT2D eigenvalue weighted by atomic mass is 10.2. The number of unbranched alkanes of at least 4 members (excludes halogenated alkanes) is 3. The van der Waals surface area contributed by atoms with Crippen molar-refractivity contribution in [2.45, 2.75) is 53.4 Å². The van der Waals surface area contributed by atoms with E-state index in [0.717, 1.165) is 7.11 Å². The average molecular weight is 291 g/mol. The zero-order valence-electron chi connectivity index (χ0n) is 11.8. The topological polar surface area (TPSA) is 46.5 Å². The Morgan fingerprint density at radius 3 is 1.41 bits per heavy atom. The number of esters is 1. The minimum absolute atomic E-state index is 0.194. The predicted molar refractivity (Wildman–Crippen MR) is 76.8 cm³/mol. The van der Waals surface area contributed by atoms with Crippen LogP contribution in [0.3, 0.4) is 0 Å². The van der Waals surface area contributed by atoms with Crippen LogP contribution in [0.5, 0.6) is 0 Å². The van der Waals surface area contributed by atoms with E-state index in [2.05, 4.69) is 18.6 Å². The van der Waals surface area contributed by atoms with Gasteiger partial charge in [-0.3, -0.25) is 4.79 Å². The van der Waals surface area contributed by atoms with Gasteiger partial charge in [0, 0.05) is 14.0 Å². The SMILES string of the molecule is CCCCCC.CCOC(C)=O.CO.ClCCl. The highest BCUT2D eigenvalue weighted by Crippen LogP contribution is 1.95. The van der Waals surface area contributed by atoms with E-state index in [-0.39, 0.29) is 11.3 Å². The van der Waals surface area contributed by atoms with E-state index in [1.54, 1.807) is 6.92 Å². The van der Waals surface area contributed by atoms with E-state index in [1.807, 2.05) is 0 Å². The van der Waals surface area contributed by atoms with E-state index in [9.17, 15) is 4.79 Å². The Morgan fingerprint density at radius 1 is 1.06 bits per heavy atom. The molecule has 3 nitrogen and oxygen atoms in total. The first-order chi connectivity index (χ1) is 8.10. The van der Waals surface area contributed by atoms with Gasteiger partial charge < -0.3 is 9.84 Å². The normalized spacial score (nSPS) is 7.29. The minimum atomic E-state index is -0.211. The number of carbonyl (C=O) groups excluding carboxylic acids is 1. The molecule has 108 valence electrons. The maximum Gasteiger partial charge on any atom is 0.302 e. The summed E-state index contributed by atoms with van der Waals surface area (Å²) < 4.78 is 4.40. The van der Waals surface area contributed by atoms with Crippen LogP contribution >= 0.6 is 23.2 Å². The highest BCUT2D eigenvalue weighted by molar-refractivity contribution is 6.40. The molecule has 0 saturated heterocycles. The van der Waals surface area contributed by atoms with Crippen molar-refractivity contribution in [1.29, 1.82) is 0 Å². The molecule has 0 aromatic carbocycles. The summed E-state index contributed by atoms with van der Waals surface area (Å²) in [4.78, 5) is 9.82. The quantitative estimate of drug-likeness (QED) is 0.480. The van der Waals surface area contributed by atoms with Gasteiger partial charge in [0.15, 0.2) is 0 Å². The molecule has 0 aliphatic rings. The second kappa shape index (κ2) is 36.0. The summed E-state index contributed by atoms with van der Waals surface area (Å²) in [6, 6.07) is 0. The summed E-state index contributed by atoms with van der Waals surface area (Å²) in [6.07, 6.45) is 5.54. The van der Waals surface area contributed by atoms with Crippen molar-refractivity contribution in [3.05, 3.63) is 0 Å². The molecule has 0 rings (SSSR count). The Morgan fingerprint density at radius 2 is 1.35 bits per heavy atom. The van der Waals surface area contributed by atoms with Gasteiger partial charge in [-0.25, -0.2) is 0 Å². The number of aliphatic hydroxyl groups excluding tert-OH is 1. The minimum Gasteiger partial charge on any atom is -0.466 e. The lowest BCUT2D eigenvalue weighted by molar-refractivity contribution is -0.140. The van der Waals surface area contributed by atoms with Crippen molar-refractivity contribution in [2.24, 2.45) is 0 Å². The molecule has 0 bridgehead atoms. The zero-order valence-corrected chi connectivity index (χ0v) is 13.3. The van der Waals surface area contributed by atoms with Crippen LogP contribution in [0, 0.1) is 0 Å². The lowest BCUT2D eigenvalue weighted by Gasteiger charge is -1.89. The summed E-state index contributed by atoms with van der Waals surface area (Å²) >= 11 is 9.53. The third kappa shape index (κ3) is 87.0. The summed E-state index contributed by atoms with van der Waals surface area (Å²) in [5.41, 5.74) is 0. The van der Waals surface area contributed by atoms with Crippen LogP contribution in [-0.2, 0) is 9.53 Å². The molecule has 0 saturated carbocycles. The van der Waals surface area contributed by atoms with Gasteiger partial charge in [0.05, 0.1) is 11.9 Å². The van der Waals surface area contributed by atoms with E-state index in [0.29, 0.717) is 6.61 Å². The highest BCUT2D eigenvalue weighted by Gasteiger charge is 1.81. The number of halogens is 2. The number of alkyl halides is 2. The van der Waals surface area contributed by atoms with Crippen LogP contribution < -0.4 is 0 Å². The predicted octanol–water partition coefficient (Wildman–Crippen LogP) is 4.19. The second-order valence-electron chi connectivity index (χ2n) is 2.73. The summed E-state index contributed by atoms with van der Waals surface area (Å²) in [6.45, 7) is 8.12. The molecule has 0 fully saturated rings. The Hall–Kier alpha value is 0.01000. The monoisotopic (exact) mass is 290 g/mol. The third-order valence-electron chi connectivity index (χ3n) is 1.30. The van der Waals surface area contributed by atoms with Crippen LogP contribution in [0.1, 0.15) is 53.4 Å². The molecular formula is C12H28Cl2O3. The molecule has 0 unspecified atom stereocenters. The zero-order chi connectivity index (χ0) is 14.5. The number of aliphatic hydroxyl groups is 1. The smallest absolute Gasteiger partial charge is 0.302 e. The molecule has 5 heteroatoms. The van der Waals surface area contributed by atoms with Gasteiger partial charge in [-0.15, -0.1) is 23.2 Å². The lowest BCUT2D eigenvalue weighted by Crippen LogP contribution is -1.95.